The molecule has 2 aromatic rings. The highest BCUT2D eigenvalue weighted by Gasteiger charge is 2.22. The summed E-state index contributed by atoms with van der Waals surface area (Å²) in [6.07, 6.45) is 2.27. The van der Waals surface area contributed by atoms with Crippen LogP contribution in [-0.2, 0) is 0 Å². The van der Waals surface area contributed by atoms with Gasteiger partial charge in [-0.3, -0.25) is 0 Å². The normalized spacial score (nSPS) is 22.5. The molecule has 0 aliphatic carbocycles. The van der Waals surface area contributed by atoms with Gasteiger partial charge >= 0.3 is 0 Å². The Bertz CT molecular complexity index is 618. The Hall–Kier alpha value is -1.32. The second-order valence-corrected chi connectivity index (χ2v) is 7.50. The summed E-state index contributed by atoms with van der Waals surface area (Å²) in [6.45, 7) is 4.01. The minimum Gasteiger partial charge on any atom is -0.423 e. The molecular weight excluding hydrogens is 324 g/mol. The van der Waals surface area contributed by atoms with Crippen molar-refractivity contribution < 1.29 is 4.42 Å². The third-order valence-electron chi connectivity index (χ3n) is 4.51. The van der Waals surface area contributed by atoms with Crippen molar-refractivity contribution in [2.75, 3.05) is 36.8 Å². The molecule has 1 atom stereocenters. The Morgan fingerprint density at radius 2 is 2.17 bits per heavy atom. The number of hydrazine groups is 2. The lowest BCUT2D eigenvalue weighted by atomic mass is 10.1. The summed E-state index contributed by atoms with van der Waals surface area (Å²) in [6, 6.07) is 9.31. The number of rotatable bonds is 6. The van der Waals surface area contributed by atoms with Gasteiger partial charge in [-0.2, -0.15) is 10.5 Å². The highest BCUT2D eigenvalue weighted by atomic mass is 32.2. The van der Waals surface area contributed by atoms with E-state index in [1.54, 1.807) is 0 Å². The summed E-state index contributed by atoms with van der Waals surface area (Å²) in [5, 5.41) is 4.14. The lowest BCUT2D eigenvalue weighted by molar-refractivity contribution is 0.409. The zero-order valence-corrected chi connectivity index (χ0v) is 14.4. The van der Waals surface area contributed by atoms with E-state index in [4.69, 9.17) is 4.42 Å². The number of hydrogen-bond donors (Lipinski definition) is 4. The average Bonchev–Trinajstić information content (AvgIpc) is 3.28. The van der Waals surface area contributed by atoms with E-state index in [2.05, 4.69) is 31.6 Å². The van der Waals surface area contributed by atoms with E-state index < -0.39 is 0 Å². The first-order valence-corrected chi connectivity index (χ1v) is 9.62. The van der Waals surface area contributed by atoms with Crippen molar-refractivity contribution in [1.82, 2.24) is 26.7 Å². The number of nitrogens with one attached hydrogen (secondary N) is 4. The van der Waals surface area contributed by atoms with E-state index in [0.29, 0.717) is 11.4 Å². The third-order valence-corrected chi connectivity index (χ3v) is 5.64. The third kappa shape index (κ3) is 3.84. The fraction of sp³-hybridized carbons (Fsp3) is 0.562. The van der Waals surface area contributed by atoms with Crippen molar-refractivity contribution in [1.29, 1.82) is 0 Å². The fourth-order valence-corrected chi connectivity index (χ4v) is 4.02. The highest BCUT2D eigenvalue weighted by molar-refractivity contribution is 7.99. The number of thioether (sulfide) groups is 1. The first-order chi connectivity index (χ1) is 11.9. The molecule has 1 aromatic carbocycles. The van der Waals surface area contributed by atoms with E-state index in [1.165, 1.54) is 0 Å². The molecular formula is C16H24N6OS. The fourth-order valence-electron chi connectivity index (χ4n) is 3.16. The van der Waals surface area contributed by atoms with Crippen LogP contribution in [0.1, 0.15) is 12.8 Å². The van der Waals surface area contributed by atoms with Gasteiger partial charge in [0, 0.05) is 38.0 Å². The van der Waals surface area contributed by atoms with Crippen LogP contribution >= 0.6 is 11.8 Å². The molecule has 0 spiro atoms. The molecule has 24 heavy (non-hydrogen) atoms. The van der Waals surface area contributed by atoms with Crippen LogP contribution in [0.15, 0.2) is 28.7 Å². The monoisotopic (exact) mass is 348 g/mol. The number of hydrogen-bond acceptors (Lipinski definition) is 8. The van der Waals surface area contributed by atoms with Gasteiger partial charge in [-0.15, -0.1) is 11.8 Å². The topological polar surface area (TPSA) is 77.4 Å². The van der Waals surface area contributed by atoms with Crippen molar-refractivity contribution in [3.8, 4) is 0 Å². The van der Waals surface area contributed by atoms with E-state index in [1.807, 2.05) is 36.0 Å². The zero-order valence-electron chi connectivity index (χ0n) is 13.6. The summed E-state index contributed by atoms with van der Waals surface area (Å²) in [4.78, 5) is 6.85. The molecule has 0 bridgehead atoms. The van der Waals surface area contributed by atoms with Crippen LogP contribution in [0.5, 0.6) is 0 Å². The maximum atomic E-state index is 5.87. The summed E-state index contributed by atoms with van der Waals surface area (Å²) in [5.41, 5.74) is 11.0. The van der Waals surface area contributed by atoms with Crippen LogP contribution in [0, 0.1) is 0 Å². The first kappa shape index (κ1) is 16.2. The number of oxazole rings is 1. The molecule has 0 radical (unpaired) electrons. The van der Waals surface area contributed by atoms with Gasteiger partial charge in [0.2, 0.25) is 0 Å². The maximum Gasteiger partial charge on any atom is 0.298 e. The quantitative estimate of drug-likeness (QED) is 0.577. The van der Waals surface area contributed by atoms with Gasteiger partial charge in [0.15, 0.2) is 5.58 Å². The molecule has 7 nitrogen and oxygen atoms in total. The molecule has 0 saturated carbocycles. The molecule has 1 aromatic heterocycles. The van der Waals surface area contributed by atoms with Gasteiger partial charge in [-0.25, -0.2) is 10.9 Å². The summed E-state index contributed by atoms with van der Waals surface area (Å²) in [7, 11) is 0. The molecule has 4 N–H and O–H groups in total. The Kier molecular flexibility index (Phi) is 5.19. The summed E-state index contributed by atoms with van der Waals surface area (Å²) < 4.78 is 5.87. The van der Waals surface area contributed by atoms with Gasteiger partial charge in [0.25, 0.3) is 6.01 Å². The molecule has 2 saturated heterocycles. The van der Waals surface area contributed by atoms with Crippen LogP contribution in [0.2, 0.25) is 0 Å². The number of aromatic nitrogens is 1. The molecule has 130 valence electrons. The predicted octanol–water partition coefficient (Wildman–Crippen LogP) is 1.06. The van der Waals surface area contributed by atoms with Gasteiger partial charge in [-0.1, -0.05) is 12.1 Å². The van der Waals surface area contributed by atoms with Crippen molar-refractivity contribution in [2.24, 2.45) is 0 Å². The number of piperidine rings is 1. The number of anilines is 1. The Morgan fingerprint density at radius 3 is 2.96 bits per heavy atom. The summed E-state index contributed by atoms with van der Waals surface area (Å²) >= 11 is 1.94. The van der Waals surface area contributed by atoms with Crippen molar-refractivity contribution in [2.45, 2.75) is 24.3 Å². The molecule has 2 aliphatic rings. The molecule has 2 aliphatic heterocycles. The maximum absolute atomic E-state index is 5.87. The van der Waals surface area contributed by atoms with Gasteiger partial charge in [-0.05, 0) is 25.0 Å². The molecule has 4 rings (SSSR count). The van der Waals surface area contributed by atoms with E-state index in [9.17, 15) is 0 Å². The van der Waals surface area contributed by atoms with Crippen LogP contribution in [0.4, 0.5) is 6.01 Å². The first-order valence-electron chi connectivity index (χ1n) is 8.57. The van der Waals surface area contributed by atoms with Crippen LogP contribution in [-0.4, -0.2) is 48.3 Å². The number of fused-ring (bicyclic) bond motifs is 1. The van der Waals surface area contributed by atoms with Crippen LogP contribution < -0.4 is 26.6 Å². The van der Waals surface area contributed by atoms with Gasteiger partial charge < -0.3 is 14.6 Å². The lowest BCUT2D eigenvalue weighted by Crippen LogP contribution is -2.43. The van der Waals surface area contributed by atoms with E-state index >= 15 is 0 Å². The Labute approximate surface area is 145 Å². The zero-order chi connectivity index (χ0) is 16.2. The molecule has 1 unspecified atom stereocenters. The molecule has 3 heterocycles. The molecule has 0 amide bonds. The van der Waals surface area contributed by atoms with Crippen molar-refractivity contribution >= 4 is 28.9 Å². The number of nitrogens with zero attached hydrogens (tertiary/aromatic N) is 2. The highest BCUT2D eigenvalue weighted by Crippen LogP contribution is 2.24. The number of para-hydroxylation sites is 2. The van der Waals surface area contributed by atoms with Gasteiger partial charge in [0.1, 0.15) is 5.52 Å². The average molecular weight is 348 g/mol. The van der Waals surface area contributed by atoms with E-state index in [-0.39, 0.29) is 0 Å². The number of benzene rings is 1. The van der Waals surface area contributed by atoms with E-state index in [0.717, 1.165) is 61.9 Å². The SMILES string of the molecule is c1ccc2oc(N3CCC(NCCSC4CNNN4)CC3)nc2c1. The Morgan fingerprint density at radius 1 is 1.29 bits per heavy atom. The molecule has 8 heteroatoms. The van der Waals surface area contributed by atoms with Gasteiger partial charge in [0.05, 0.1) is 5.37 Å². The Balaban J connectivity index is 1.20. The minimum atomic E-state index is 0.466. The standard InChI is InChI=1S/C16H24N6OS/c1-2-4-14-13(3-1)19-16(23-14)22-8-5-12(6-9-22)17-7-10-24-15-11-18-21-20-15/h1-4,12,15,17-18,20-21H,5-11H2. The van der Waals surface area contributed by atoms with Crippen LogP contribution in [0.3, 0.4) is 0 Å². The molecule has 2 fully saturated rings. The smallest absolute Gasteiger partial charge is 0.298 e. The minimum absolute atomic E-state index is 0.466. The van der Waals surface area contributed by atoms with Crippen molar-refractivity contribution in [3.05, 3.63) is 24.3 Å². The lowest BCUT2D eigenvalue weighted by Gasteiger charge is -2.31. The second kappa shape index (κ2) is 7.71. The summed E-state index contributed by atoms with van der Waals surface area (Å²) in [5.74, 6) is 1.12. The predicted molar refractivity (Wildman–Crippen MR) is 97.8 cm³/mol. The van der Waals surface area contributed by atoms with Crippen molar-refractivity contribution in [3.63, 3.8) is 0 Å². The largest absolute Gasteiger partial charge is 0.423 e. The second-order valence-electron chi connectivity index (χ2n) is 6.19. The van der Waals surface area contributed by atoms with Crippen LogP contribution in [0.25, 0.3) is 11.1 Å².